The van der Waals surface area contributed by atoms with Crippen LogP contribution in [0.15, 0.2) is 54.6 Å². The molecule has 0 aromatic heterocycles. The SMILES string of the molecule is C/C=C/C(=O)Nc1cc(OC)c(C(=O)N[C@H]2CCN(Cc3ccccc3)C2)cc1Cl. The van der Waals surface area contributed by atoms with Crippen molar-refractivity contribution >= 4 is 29.1 Å². The van der Waals surface area contributed by atoms with E-state index in [0.29, 0.717) is 17.0 Å². The van der Waals surface area contributed by atoms with Crippen LogP contribution in [0.5, 0.6) is 5.75 Å². The van der Waals surface area contributed by atoms with Crippen LogP contribution in [-0.2, 0) is 11.3 Å². The topological polar surface area (TPSA) is 70.7 Å². The molecule has 1 fully saturated rings. The summed E-state index contributed by atoms with van der Waals surface area (Å²) < 4.78 is 5.37. The van der Waals surface area contributed by atoms with Crippen LogP contribution in [0.4, 0.5) is 5.69 Å². The van der Waals surface area contributed by atoms with Crippen LogP contribution >= 0.6 is 11.6 Å². The number of hydrogen-bond acceptors (Lipinski definition) is 4. The molecule has 2 N–H and O–H groups in total. The van der Waals surface area contributed by atoms with Gasteiger partial charge in [0, 0.05) is 31.7 Å². The number of allylic oxidation sites excluding steroid dienone is 1. The van der Waals surface area contributed by atoms with Gasteiger partial charge < -0.3 is 15.4 Å². The Bertz CT molecular complexity index is 931. The molecular weight excluding hydrogens is 402 g/mol. The van der Waals surface area contributed by atoms with Crippen LogP contribution < -0.4 is 15.4 Å². The second-order valence-corrected chi connectivity index (χ2v) is 7.61. The summed E-state index contributed by atoms with van der Waals surface area (Å²) in [5.74, 6) is -0.193. The Balaban J connectivity index is 1.65. The van der Waals surface area contributed by atoms with E-state index in [0.717, 1.165) is 26.1 Å². The first-order valence-corrected chi connectivity index (χ1v) is 10.3. The lowest BCUT2D eigenvalue weighted by Crippen LogP contribution is -2.37. The summed E-state index contributed by atoms with van der Waals surface area (Å²) in [6.07, 6.45) is 3.90. The van der Waals surface area contributed by atoms with Gasteiger partial charge in [-0.2, -0.15) is 0 Å². The summed E-state index contributed by atoms with van der Waals surface area (Å²) in [6, 6.07) is 13.4. The number of nitrogens with one attached hydrogen (secondary N) is 2. The Hall–Kier alpha value is -2.83. The fourth-order valence-electron chi connectivity index (χ4n) is 3.52. The zero-order chi connectivity index (χ0) is 21.5. The highest BCUT2D eigenvalue weighted by Gasteiger charge is 2.26. The highest BCUT2D eigenvalue weighted by molar-refractivity contribution is 6.34. The van der Waals surface area contributed by atoms with E-state index in [-0.39, 0.29) is 22.9 Å². The summed E-state index contributed by atoms with van der Waals surface area (Å²) in [6.45, 7) is 4.32. The molecule has 0 unspecified atom stereocenters. The summed E-state index contributed by atoms with van der Waals surface area (Å²) in [5.41, 5.74) is 1.99. The number of ether oxygens (including phenoxy) is 1. The standard InChI is InChI=1S/C23H26ClN3O3/c1-3-7-22(28)26-20-13-21(30-2)18(12-19(20)24)23(29)25-17-10-11-27(15-17)14-16-8-5-4-6-9-16/h3-9,12-13,17H,10-11,14-15H2,1-2H3,(H,25,29)(H,26,28)/b7-3+/t17-/m0/s1. The number of amides is 2. The molecule has 0 aliphatic carbocycles. The van der Waals surface area contributed by atoms with E-state index >= 15 is 0 Å². The third kappa shape index (κ3) is 5.62. The van der Waals surface area contributed by atoms with Crippen molar-refractivity contribution < 1.29 is 14.3 Å². The zero-order valence-corrected chi connectivity index (χ0v) is 17.9. The van der Waals surface area contributed by atoms with Gasteiger partial charge in [0.05, 0.1) is 23.4 Å². The third-order valence-corrected chi connectivity index (χ3v) is 5.28. The van der Waals surface area contributed by atoms with E-state index in [9.17, 15) is 9.59 Å². The number of halogens is 1. The number of carbonyl (C=O) groups excluding carboxylic acids is 2. The molecule has 7 heteroatoms. The molecule has 3 rings (SSSR count). The van der Waals surface area contributed by atoms with Crippen molar-refractivity contribution in [2.45, 2.75) is 25.9 Å². The average molecular weight is 428 g/mol. The fourth-order valence-corrected chi connectivity index (χ4v) is 3.73. The van der Waals surface area contributed by atoms with Crippen molar-refractivity contribution in [3.8, 4) is 5.75 Å². The first kappa shape index (κ1) is 21.9. The number of carbonyl (C=O) groups is 2. The molecule has 6 nitrogen and oxygen atoms in total. The molecule has 0 bridgehead atoms. The minimum Gasteiger partial charge on any atom is -0.496 e. The molecule has 2 amide bonds. The van der Waals surface area contributed by atoms with E-state index in [1.807, 2.05) is 18.2 Å². The lowest BCUT2D eigenvalue weighted by molar-refractivity contribution is -0.111. The van der Waals surface area contributed by atoms with Gasteiger partial charge in [-0.1, -0.05) is 48.0 Å². The Kier molecular flexibility index (Phi) is 7.49. The average Bonchev–Trinajstić information content (AvgIpc) is 3.16. The molecule has 2 aromatic carbocycles. The van der Waals surface area contributed by atoms with Crippen LogP contribution in [0.3, 0.4) is 0 Å². The number of methoxy groups -OCH3 is 1. The molecule has 1 atom stereocenters. The largest absolute Gasteiger partial charge is 0.496 e. The number of rotatable bonds is 7. The van der Waals surface area contributed by atoms with Gasteiger partial charge in [-0.05, 0) is 31.1 Å². The lowest BCUT2D eigenvalue weighted by Gasteiger charge is -2.18. The summed E-state index contributed by atoms with van der Waals surface area (Å²) in [5, 5.41) is 6.03. The van der Waals surface area contributed by atoms with Gasteiger partial charge in [-0.25, -0.2) is 0 Å². The number of likely N-dealkylation sites (tertiary alicyclic amines) is 1. The van der Waals surface area contributed by atoms with Crippen LogP contribution in [0.25, 0.3) is 0 Å². The minimum atomic E-state index is -0.303. The smallest absolute Gasteiger partial charge is 0.255 e. The van der Waals surface area contributed by atoms with Gasteiger partial charge in [-0.15, -0.1) is 0 Å². The number of benzene rings is 2. The molecule has 30 heavy (non-hydrogen) atoms. The highest BCUT2D eigenvalue weighted by Crippen LogP contribution is 2.31. The lowest BCUT2D eigenvalue weighted by atomic mass is 10.1. The number of anilines is 1. The van der Waals surface area contributed by atoms with E-state index < -0.39 is 0 Å². The van der Waals surface area contributed by atoms with Crippen molar-refractivity contribution in [1.82, 2.24) is 10.2 Å². The van der Waals surface area contributed by atoms with Gasteiger partial charge in [0.15, 0.2) is 0 Å². The van der Waals surface area contributed by atoms with Gasteiger partial charge in [-0.3, -0.25) is 14.5 Å². The molecule has 158 valence electrons. The molecule has 0 radical (unpaired) electrons. The molecular formula is C23H26ClN3O3. The Morgan fingerprint density at radius 3 is 2.73 bits per heavy atom. The minimum absolute atomic E-state index is 0.0544. The molecule has 1 aliphatic heterocycles. The molecule has 0 saturated carbocycles. The molecule has 1 saturated heterocycles. The van der Waals surface area contributed by atoms with Crippen LogP contribution in [0.2, 0.25) is 5.02 Å². The Morgan fingerprint density at radius 1 is 1.27 bits per heavy atom. The van der Waals surface area contributed by atoms with Crippen molar-refractivity contribution in [1.29, 1.82) is 0 Å². The number of nitrogens with zero attached hydrogens (tertiary/aromatic N) is 1. The van der Waals surface area contributed by atoms with Crippen molar-refractivity contribution in [2.75, 3.05) is 25.5 Å². The normalized spacial score (nSPS) is 16.6. The fraction of sp³-hybridized carbons (Fsp3) is 0.304. The van der Waals surface area contributed by atoms with Gasteiger partial charge in [0.25, 0.3) is 5.91 Å². The predicted octanol–water partition coefficient (Wildman–Crippen LogP) is 3.87. The van der Waals surface area contributed by atoms with Crippen molar-refractivity contribution in [2.24, 2.45) is 0 Å². The summed E-state index contributed by atoms with van der Waals surface area (Å²) >= 11 is 6.29. The van der Waals surface area contributed by atoms with E-state index in [2.05, 4.69) is 27.7 Å². The molecule has 1 aliphatic rings. The Labute approximate surface area is 181 Å². The van der Waals surface area contributed by atoms with Crippen LogP contribution in [0.1, 0.15) is 29.3 Å². The monoisotopic (exact) mass is 427 g/mol. The van der Waals surface area contributed by atoms with Crippen molar-refractivity contribution in [3.63, 3.8) is 0 Å². The van der Waals surface area contributed by atoms with Crippen molar-refractivity contribution in [3.05, 3.63) is 70.8 Å². The maximum atomic E-state index is 12.9. The molecule has 0 spiro atoms. The highest BCUT2D eigenvalue weighted by atomic mass is 35.5. The summed E-state index contributed by atoms with van der Waals surface area (Å²) in [7, 11) is 1.48. The third-order valence-electron chi connectivity index (χ3n) is 4.97. The quantitative estimate of drug-likeness (QED) is 0.658. The Morgan fingerprint density at radius 2 is 2.03 bits per heavy atom. The predicted molar refractivity (Wildman–Crippen MR) is 119 cm³/mol. The molecule has 1 heterocycles. The van der Waals surface area contributed by atoms with Gasteiger partial charge >= 0.3 is 0 Å². The molecule has 2 aromatic rings. The van der Waals surface area contributed by atoms with Gasteiger partial charge in [0.2, 0.25) is 5.91 Å². The van der Waals surface area contributed by atoms with Crippen LogP contribution in [0, 0.1) is 0 Å². The maximum Gasteiger partial charge on any atom is 0.255 e. The maximum absolute atomic E-state index is 12.9. The first-order chi connectivity index (χ1) is 14.5. The van der Waals surface area contributed by atoms with Crippen LogP contribution in [-0.4, -0.2) is 43.0 Å². The summed E-state index contributed by atoms with van der Waals surface area (Å²) in [4.78, 5) is 27.0. The van der Waals surface area contributed by atoms with E-state index in [1.165, 1.54) is 24.8 Å². The number of hydrogen-bond donors (Lipinski definition) is 2. The second-order valence-electron chi connectivity index (χ2n) is 7.20. The zero-order valence-electron chi connectivity index (χ0n) is 17.2. The van der Waals surface area contributed by atoms with Gasteiger partial charge in [0.1, 0.15) is 5.75 Å². The first-order valence-electron chi connectivity index (χ1n) is 9.88. The van der Waals surface area contributed by atoms with E-state index in [1.54, 1.807) is 19.1 Å². The van der Waals surface area contributed by atoms with E-state index in [4.69, 9.17) is 16.3 Å². The second kappa shape index (κ2) is 10.3.